The molecule has 168 valence electrons. The summed E-state index contributed by atoms with van der Waals surface area (Å²) < 4.78 is 42.2. The number of aryl methyl sites for hydroxylation is 1. The number of nitrogens with one attached hydrogen (secondary N) is 2. The molecule has 1 amide bonds. The number of hydrogen-bond donors (Lipinski definition) is 2. The number of alkyl halides is 3. The number of amides is 1. The molecule has 6 rings (SSSR count). The van der Waals surface area contributed by atoms with E-state index in [0.29, 0.717) is 29.8 Å². The van der Waals surface area contributed by atoms with E-state index >= 15 is 0 Å². The molecule has 3 aliphatic heterocycles. The maximum atomic E-state index is 13.2. The number of aromatic nitrogens is 5. The first-order chi connectivity index (χ1) is 15.3. The van der Waals surface area contributed by atoms with Crippen molar-refractivity contribution in [3.63, 3.8) is 0 Å². The maximum absolute atomic E-state index is 13.2. The van der Waals surface area contributed by atoms with E-state index in [0.717, 1.165) is 42.4 Å². The summed E-state index contributed by atoms with van der Waals surface area (Å²) in [7, 11) is 1.36. The van der Waals surface area contributed by atoms with Crippen molar-refractivity contribution >= 4 is 23.1 Å². The van der Waals surface area contributed by atoms with Crippen LogP contribution in [-0.2, 0) is 13.2 Å². The van der Waals surface area contributed by atoms with Gasteiger partial charge in [-0.3, -0.25) is 9.48 Å². The van der Waals surface area contributed by atoms with Crippen LogP contribution in [0.25, 0.3) is 5.65 Å². The molecule has 3 aromatic rings. The van der Waals surface area contributed by atoms with Gasteiger partial charge in [-0.05, 0) is 31.7 Å². The van der Waals surface area contributed by atoms with Crippen molar-refractivity contribution in [1.29, 1.82) is 0 Å². The minimum Gasteiger partial charge on any atom is -0.347 e. The number of carbonyl (C=O) groups is 1. The zero-order valence-corrected chi connectivity index (χ0v) is 17.2. The monoisotopic (exact) mass is 446 g/mol. The normalized spacial score (nSPS) is 26.8. The lowest BCUT2D eigenvalue weighted by Gasteiger charge is -2.41. The lowest BCUT2D eigenvalue weighted by molar-refractivity contribution is -0.140. The second-order valence-corrected chi connectivity index (χ2v) is 8.71. The molecule has 0 spiro atoms. The summed E-state index contributed by atoms with van der Waals surface area (Å²) in [6, 6.07) is 3.49. The summed E-state index contributed by atoms with van der Waals surface area (Å²) >= 11 is 0. The zero-order valence-electron chi connectivity index (χ0n) is 17.2. The summed E-state index contributed by atoms with van der Waals surface area (Å²) in [4.78, 5) is 20.0. The average molecular weight is 446 g/mol. The van der Waals surface area contributed by atoms with E-state index in [-0.39, 0.29) is 5.56 Å². The lowest BCUT2D eigenvalue weighted by Crippen LogP contribution is -2.58. The smallest absolute Gasteiger partial charge is 0.347 e. The zero-order chi connectivity index (χ0) is 22.2. The minimum atomic E-state index is -4.68. The first-order valence-corrected chi connectivity index (χ1v) is 10.6. The molecule has 3 saturated heterocycles. The Balaban J connectivity index is 1.34. The molecular weight excluding hydrogens is 425 g/mol. The summed E-state index contributed by atoms with van der Waals surface area (Å²) in [6.07, 6.45) is 4.00. The van der Waals surface area contributed by atoms with Gasteiger partial charge in [0.25, 0.3) is 5.91 Å². The summed E-state index contributed by atoms with van der Waals surface area (Å²) in [5.41, 5.74) is -1.14. The summed E-state index contributed by atoms with van der Waals surface area (Å²) in [5, 5.41) is 13.6. The van der Waals surface area contributed by atoms with E-state index < -0.39 is 23.5 Å². The highest BCUT2D eigenvalue weighted by atomic mass is 19.4. The molecule has 4 bridgehead atoms. The van der Waals surface area contributed by atoms with Crippen molar-refractivity contribution in [2.75, 3.05) is 10.2 Å². The number of fused-ring (bicyclic) bond motifs is 7. The first kappa shape index (κ1) is 19.5. The van der Waals surface area contributed by atoms with Gasteiger partial charge in [-0.25, -0.2) is 9.50 Å². The van der Waals surface area contributed by atoms with Crippen molar-refractivity contribution in [3.8, 4) is 0 Å². The first-order valence-electron chi connectivity index (χ1n) is 10.6. The van der Waals surface area contributed by atoms with Gasteiger partial charge in [0.1, 0.15) is 11.4 Å². The van der Waals surface area contributed by atoms with Gasteiger partial charge in [0.15, 0.2) is 11.3 Å². The molecule has 9 nitrogen and oxygen atoms in total. The molecule has 6 heterocycles. The van der Waals surface area contributed by atoms with Crippen molar-refractivity contribution in [2.45, 2.75) is 56.0 Å². The van der Waals surface area contributed by atoms with Gasteiger partial charge in [0.2, 0.25) is 0 Å². The molecule has 3 fully saturated rings. The van der Waals surface area contributed by atoms with Crippen LogP contribution in [0.3, 0.4) is 0 Å². The largest absolute Gasteiger partial charge is 0.437 e. The number of halogens is 3. The Hall–Kier alpha value is -3.15. The van der Waals surface area contributed by atoms with Gasteiger partial charge in [-0.15, -0.1) is 0 Å². The molecule has 4 atom stereocenters. The van der Waals surface area contributed by atoms with Crippen LogP contribution in [0.4, 0.5) is 24.7 Å². The molecule has 0 saturated carbocycles. The molecule has 4 unspecified atom stereocenters. The average Bonchev–Trinajstić information content (AvgIpc) is 3.47. The van der Waals surface area contributed by atoms with Crippen LogP contribution in [0.2, 0.25) is 0 Å². The van der Waals surface area contributed by atoms with E-state index in [9.17, 15) is 18.0 Å². The van der Waals surface area contributed by atoms with E-state index in [4.69, 9.17) is 4.98 Å². The molecule has 32 heavy (non-hydrogen) atoms. The Morgan fingerprint density at radius 2 is 1.91 bits per heavy atom. The van der Waals surface area contributed by atoms with Crippen molar-refractivity contribution < 1.29 is 18.0 Å². The molecule has 0 aromatic carbocycles. The Morgan fingerprint density at radius 1 is 1.19 bits per heavy atom. The maximum Gasteiger partial charge on any atom is 0.437 e. The second kappa shape index (κ2) is 6.67. The molecule has 0 aliphatic carbocycles. The van der Waals surface area contributed by atoms with Gasteiger partial charge in [0, 0.05) is 43.6 Å². The highest BCUT2D eigenvalue weighted by molar-refractivity contribution is 6.08. The molecule has 0 radical (unpaired) electrons. The van der Waals surface area contributed by atoms with Crippen LogP contribution < -0.4 is 15.5 Å². The fraction of sp³-hybridized carbons (Fsp3) is 0.500. The Morgan fingerprint density at radius 3 is 2.59 bits per heavy atom. The third-order valence-corrected chi connectivity index (χ3v) is 6.83. The van der Waals surface area contributed by atoms with E-state index in [1.807, 2.05) is 6.07 Å². The standard InChI is InChI=1S/C20H21F3N8O/c1-29-9-13(17(28-29)20(21,22)23)26-19(32)10-8-24-30-7-6-16(27-18(10)30)31-14-4-5-15(31)12-3-2-11(14)25-12/h6-9,11-12,14-15,25H,2-5H2,1H3,(H,26,32). The van der Waals surface area contributed by atoms with Crippen LogP contribution in [0, 0.1) is 0 Å². The summed E-state index contributed by atoms with van der Waals surface area (Å²) in [6.45, 7) is 0. The number of nitrogens with zero attached hydrogens (tertiary/aromatic N) is 6. The van der Waals surface area contributed by atoms with Crippen LogP contribution >= 0.6 is 0 Å². The van der Waals surface area contributed by atoms with E-state index in [2.05, 4.69) is 25.7 Å². The molecule has 3 aliphatic rings. The fourth-order valence-corrected chi connectivity index (χ4v) is 5.55. The quantitative estimate of drug-likeness (QED) is 0.641. The second-order valence-electron chi connectivity index (χ2n) is 8.71. The number of hydrogen-bond acceptors (Lipinski definition) is 6. The minimum absolute atomic E-state index is 0.106. The highest BCUT2D eigenvalue weighted by Gasteiger charge is 2.50. The predicted octanol–water partition coefficient (Wildman–Crippen LogP) is 2.21. The number of rotatable bonds is 3. The SMILES string of the molecule is Cn1cc(NC(=O)c2cnn3ccc(N4C5CCC4C4CCC5N4)nc23)c(C(F)(F)F)n1. The van der Waals surface area contributed by atoms with Crippen LogP contribution in [0.15, 0.2) is 24.7 Å². The molecule has 3 aromatic heterocycles. The summed E-state index contributed by atoms with van der Waals surface area (Å²) in [5.74, 6) is 0.0572. The third-order valence-electron chi connectivity index (χ3n) is 6.83. The van der Waals surface area contributed by atoms with Crippen molar-refractivity contribution in [2.24, 2.45) is 7.05 Å². The fourth-order valence-electron chi connectivity index (χ4n) is 5.55. The lowest BCUT2D eigenvalue weighted by atomic mass is 10.0. The third kappa shape index (κ3) is 2.89. The Labute approximate surface area is 180 Å². The number of carbonyl (C=O) groups excluding carboxylic acids is 1. The molecular formula is C20H21F3N8O. The highest BCUT2D eigenvalue weighted by Crippen LogP contribution is 2.42. The van der Waals surface area contributed by atoms with Crippen LogP contribution in [0.1, 0.15) is 41.7 Å². The number of anilines is 2. The topological polar surface area (TPSA) is 92.4 Å². The van der Waals surface area contributed by atoms with Crippen LogP contribution in [-0.4, -0.2) is 54.5 Å². The molecule has 12 heteroatoms. The van der Waals surface area contributed by atoms with E-state index in [1.54, 1.807) is 6.20 Å². The van der Waals surface area contributed by atoms with Gasteiger partial charge in [-0.1, -0.05) is 0 Å². The van der Waals surface area contributed by atoms with Crippen molar-refractivity contribution in [3.05, 3.63) is 35.9 Å². The number of piperazine rings is 1. The van der Waals surface area contributed by atoms with Crippen molar-refractivity contribution in [1.82, 2.24) is 29.7 Å². The van der Waals surface area contributed by atoms with Gasteiger partial charge < -0.3 is 15.5 Å². The molecule has 2 N–H and O–H groups in total. The van der Waals surface area contributed by atoms with Gasteiger partial charge in [-0.2, -0.15) is 23.4 Å². The Bertz CT molecular complexity index is 1200. The van der Waals surface area contributed by atoms with Crippen LogP contribution in [0.5, 0.6) is 0 Å². The van der Waals surface area contributed by atoms with Gasteiger partial charge in [0.05, 0.1) is 11.9 Å². The Kier molecular flexibility index (Phi) is 4.07. The van der Waals surface area contributed by atoms with E-state index in [1.165, 1.54) is 17.8 Å². The van der Waals surface area contributed by atoms with Gasteiger partial charge >= 0.3 is 6.18 Å². The predicted molar refractivity (Wildman–Crippen MR) is 108 cm³/mol.